The van der Waals surface area contributed by atoms with Crippen molar-refractivity contribution in [3.05, 3.63) is 97.2 Å². The third kappa shape index (κ3) is 36.5. The van der Waals surface area contributed by atoms with Crippen LogP contribution in [0.15, 0.2) is 97.2 Å². The molecule has 0 aromatic rings. The Labute approximate surface area is 564 Å². The van der Waals surface area contributed by atoms with Crippen LogP contribution in [0.25, 0.3) is 0 Å². The summed E-state index contributed by atoms with van der Waals surface area (Å²) in [6.07, 6.45) is 46.5. The quantitative estimate of drug-likeness (QED) is 0.0199. The molecule has 3 aliphatic heterocycles. The number of aliphatic hydroxyl groups excluding tert-OH is 11. The van der Waals surface area contributed by atoms with Crippen LogP contribution in [0.2, 0.25) is 0 Å². The number of nitrogens with one attached hydrogen (secondary N) is 1. The molecule has 17 atom stereocenters. The summed E-state index contributed by atoms with van der Waals surface area (Å²) < 4.78 is 34.4. The molecule has 3 aliphatic rings. The van der Waals surface area contributed by atoms with Gasteiger partial charge in [-0.2, -0.15) is 0 Å². The molecule has 0 saturated carbocycles. The monoisotopic (exact) mass is 1330 g/mol. The van der Waals surface area contributed by atoms with E-state index in [2.05, 4.69) is 104 Å². The average molecular weight is 1330 g/mol. The van der Waals surface area contributed by atoms with Gasteiger partial charge in [0.05, 0.1) is 38.6 Å². The van der Waals surface area contributed by atoms with Gasteiger partial charge in [0.2, 0.25) is 5.91 Å². The van der Waals surface area contributed by atoms with Crippen molar-refractivity contribution in [2.24, 2.45) is 0 Å². The van der Waals surface area contributed by atoms with Crippen molar-refractivity contribution >= 4 is 5.91 Å². The molecule has 94 heavy (non-hydrogen) atoms. The fraction of sp³-hybridized carbons (Fsp3) is 0.773. The molecule has 17 unspecified atom stereocenters. The highest BCUT2D eigenvalue weighted by Gasteiger charge is 2.53. The zero-order chi connectivity index (χ0) is 68.2. The van der Waals surface area contributed by atoms with Crippen LogP contribution in [0.3, 0.4) is 0 Å². The number of hydrogen-bond donors (Lipinski definition) is 12. The molecule has 3 saturated heterocycles. The maximum Gasteiger partial charge on any atom is 0.220 e. The summed E-state index contributed by atoms with van der Waals surface area (Å²) in [5.41, 5.74) is 0. The molecule has 12 N–H and O–H groups in total. The number of aliphatic hydroxyl groups is 11. The number of rotatable bonds is 55. The van der Waals surface area contributed by atoms with E-state index in [1.54, 1.807) is 6.08 Å². The lowest BCUT2D eigenvalue weighted by atomic mass is 9.96. The van der Waals surface area contributed by atoms with Crippen molar-refractivity contribution < 1.29 is 89.4 Å². The van der Waals surface area contributed by atoms with Gasteiger partial charge in [-0.3, -0.25) is 4.79 Å². The van der Waals surface area contributed by atoms with Gasteiger partial charge in [0.25, 0.3) is 0 Å². The number of carbonyl (C=O) groups is 1. The predicted octanol–water partition coefficient (Wildman–Crippen LogP) is 10.4. The molecule has 3 heterocycles. The summed E-state index contributed by atoms with van der Waals surface area (Å²) in [7, 11) is 0. The lowest BCUT2D eigenvalue weighted by molar-refractivity contribution is -0.379. The summed E-state index contributed by atoms with van der Waals surface area (Å²) >= 11 is 0. The van der Waals surface area contributed by atoms with Crippen molar-refractivity contribution in [1.82, 2.24) is 5.32 Å². The first-order valence-corrected chi connectivity index (χ1v) is 36.5. The van der Waals surface area contributed by atoms with E-state index in [4.69, 9.17) is 28.4 Å². The normalized spacial score (nSPS) is 27.9. The van der Waals surface area contributed by atoms with Gasteiger partial charge in [0, 0.05) is 6.42 Å². The van der Waals surface area contributed by atoms with E-state index in [1.165, 1.54) is 109 Å². The van der Waals surface area contributed by atoms with E-state index in [0.717, 1.165) is 103 Å². The first-order valence-electron chi connectivity index (χ1n) is 36.5. The summed E-state index contributed by atoms with van der Waals surface area (Å²) in [5, 5.41) is 121. The molecule has 542 valence electrons. The minimum absolute atomic E-state index is 0.215. The van der Waals surface area contributed by atoms with Crippen molar-refractivity contribution in [1.29, 1.82) is 0 Å². The SMILES string of the molecule is CC/C=C\C/C=C\C/C=C\C/C=C\C/C=C\C/C=C\C/C=C\CCCCCCCC(=O)NC(COC1OC(CO)C(OC2OC(CO)C(OC3OC(CO)C(O)C(O)C3O)C(O)C2O)C(O)C1O)C(O)/C=C/CCCCCCCCCCCCCCCCCCCCCC. The van der Waals surface area contributed by atoms with Gasteiger partial charge in [-0.15, -0.1) is 0 Å². The third-order valence-corrected chi connectivity index (χ3v) is 17.6. The Morgan fingerprint density at radius 1 is 0.394 bits per heavy atom. The second-order valence-corrected chi connectivity index (χ2v) is 25.7. The van der Waals surface area contributed by atoms with Crippen molar-refractivity contribution in [2.75, 3.05) is 26.4 Å². The van der Waals surface area contributed by atoms with Crippen molar-refractivity contribution in [3.63, 3.8) is 0 Å². The van der Waals surface area contributed by atoms with Gasteiger partial charge in [-0.25, -0.2) is 0 Å². The van der Waals surface area contributed by atoms with Gasteiger partial charge in [0.1, 0.15) is 73.2 Å². The van der Waals surface area contributed by atoms with Gasteiger partial charge in [0.15, 0.2) is 18.9 Å². The van der Waals surface area contributed by atoms with Crippen LogP contribution in [0.5, 0.6) is 0 Å². The zero-order valence-electron chi connectivity index (χ0n) is 57.4. The minimum Gasteiger partial charge on any atom is -0.394 e. The minimum atomic E-state index is -1.99. The van der Waals surface area contributed by atoms with Gasteiger partial charge >= 0.3 is 0 Å². The second-order valence-electron chi connectivity index (χ2n) is 25.7. The second kappa shape index (κ2) is 55.6. The van der Waals surface area contributed by atoms with Crippen molar-refractivity contribution in [3.8, 4) is 0 Å². The summed E-state index contributed by atoms with van der Waals surface area (Å²) in [4.78, 5) is 13.4. The summed E-state index contributed by atoms with van der Waals surface area (Å²) in [6, 6.07) is -0.992. The molecule has 0 bridgehead atoms. The van der Waals surface area contributed by atoms with Crippen LogP contribution >= 0.6 is 0 Å². The predicted molar refractivity (Wildman–Crippen MR) is 369 cm³/mol. The maximum atomic E-state index is 13.4. The smallest absolute Gasteiger partial charge is 0.220 e. The number of hydrogen-bond acceptors (Lipinski definition) is 18. The van der Waals surface area contributed by atoms with Crippen LogP contribution in [-0.4, -0.2) is 193 Å². The van der Waals surface area contributed by atoms with E-state index in [9.17, 15) is 61.0 Å². The van der Waals surface area contributed by atoms with Gasteiger partial charge < -0.3 is 89.9 Å². The van der Waals surface area contributed by atoms with E-state index in [-0.39, 0.29) is 18.9 Å². The summed E-state index contributed by atoms with van der Waals surface area (Å²) in [6.45, 7) is 1.61. The van der Waals surface area contributed by atoms with Crippen LogP contribution in [0, 0.1) is 0 Å². The highest BCUT2D eigenvalue weighted by Crippen LogP contribution is 2.33. The Bertz CT molecular complexity index is 2080. The highest BCUT2D eigenvalue weighted by atomic mass is 16.8. The Balaban J connectivity index is 1.44. The molecular weight excluding hydrogens is 1200 g/mol. The Kier molecular flexibility index (Phi) is 50.2. The lowest BCUT2D eigenvalue weighted by Crippen LogP contribution is -2.66. The molecule has 0 radical (unpaired) electrons. The third-order valence-electron chi connectivity index (χ3n) is 17.6. The molecule has 1 amide bonds. The number of allylic oxidation sites excluding steroid dienone is 15. The topological polar surface area (TPSA) is 307 Å². The van der Waals surface area contributed by atoms with Crippen molar-refractivity contribution in [2.45, 2.75) is 343 Å². The molecule has 0 aromatic heterocycles. The Hall–Kier alpha value is -3.29. The number of ether oxygens (including phenoxy) is 6. The first kappa shape index (κ1) is 84.9. The number of carbonyl (C=O) groups excluding carboxylic acids is 1. The van der Waals surface area contributed by atoms with E-state index < -0.39 is 124 Å². The van der Waals surface area contributed by atoms with E-state index in [0.29, 0.717) is 6.42 Å². The fourth-order valence-electron chi connectivity index (χ4n) is 11.8. The van der Waals surface area contributed by atoms with Crippen LogP contribution in [0.4, 0.5) is 0 Å². The molecule has 0 aliphatic carbocycles. The Morgan fingerprint density at radius 2 is 0.734 bits per heavy atom. The largest absolute Gasteiger partial charge is 0.394 e. The molecule has 3 fully saturated rings. The van der Waals surface area contributed by atoms with E-state index in [1.807, 2.05) is 6.08 Å². The molecule has 19 heteroatoms. The van der Waals surface area contributed by atoms with Crippen LogP contribution in [0.1, 0.15) is 239 Å². The number of amides is 1. The first-order chi connectivity index (χ1) is 45.8. The molecule has 19 nitrogen and oxygen atoms in total. The Morgan fingerprint density at radius 3 is 1.15 bits per heavy atom. The van der Waals surface area contributed by atoms with Crippen LogP contribution < -0.4 is 5.32 Å². The molecule has 0 aromatic carbocycles. The van der Waals surface area contributed by atoms with Crippen LogP contribution in [-0.2, 0) is 33.2 Å². The lowest BCUT2D eigenvalue weighted by Gasteiger charge is -2.48. The maximum absolute atomic E-state index is 13.4. The highest BCUT2D eigenvalue weighted by molar-refractivity contribution is 5.76. The van der Waals surface area contributed by atoms with Gasteiger partial charge in [-0.1, -0.05) is 252 Å². The molecule has 3 rings (SSSR count). The fourth-order valence-corrected chi connectivity index (χ4v) is 11.8. The molecule has 0 spiro atoms. The van der Waals surface area contributed by atoms with E-state index >= 15 is 0 Å². The summed E-state index contributed by atoms with van der Waals surface area (Å²) in [5.74, 6) is -0.297. The molecular formula is C75H129NO18. The number of unbranched alkanes of at least 4 members (excludes halogenated alkanes) is 25. The average Bonchev–Trinajstić information content (AvgIpc) is 0.787. The zero-order valence-corrected chi connectivity index (χ0v) is 57.4. The standard InChI is InChI=1S/C75H129NO18/c1-3-5-7-9-11-13-15-17-19-21-23-25-27-28-29-30-31-33-35-37-39-41-43-45-47-49-51-53-63(81)76-58(59(80)52-50-48-46-44-42-40-38-36-34-32-26-24-22-20-18-16-14-12-10-8-6-4-2)57-89-73-69(87)66(84)71(61(55-78)91-73)94-75-70(88)67(85)72(62(56-79)92-75)93-74-68(86)65(83)64(82)60(54-77)90-74/h5,7,11,13,17,19,23,25,28-29,31,33,37,39,50,52,58-62,64-75,77-80,82-88H,3-4,6,8-10,12,14-16,18,20-22,24,26-27,30,32,34-36,38,40-49,51,53-57H2,1-2H3,(H,76,81)/b7-5-,13-11-,19-17-,25-23-,29-28-,33-31-,39-37-,52-50+. The van der Waals surface area contributed by atoms with Gasteiger partial charge in [-0.05, 0) is 77.0 Å².